The first-order chi connectivity index (χ1) is 12.1. The van der Waals surface area contributed by atoms with Gasteiger partial charge in [0, 0.05) is 31.3 Å². The number of anilines is 1. The lowest BCUT2D eigenvalue weighted by Gasteiger charge is -2.19. The Morgan fingerprint density at radius 1 is 1.40 bits per heavy atom. The molecular weight excluding hydrogens is 328 g/mol. The van der Waals surface area contributed by atoms with Crippen molar-refractivity contribution >= 4 is 17.7 Å². The molecular formula is C18H15F2N3O2. The van der Waals surface area contributed by atoms with E-state index in [0.717, 1.165) is 6.07 Å². The molecule has 5 nitrogen and oxygen atoms in total. The Kier molecular flexibility index (Phi) is 4.80. The Balaban J connectivity index is 1.64. The van der Waals surface area contributed by atoms with Crippen LogP contribution in [0, 0.1) is 23.0 Å². The first-order valence-corrected chi connectivity index (χ1v) is 7.73. The van der Waals surface area contributed by atoms with Crippen LogP contribution in [-0.4, -0.2) is 25.0 Å². The summed E-state index contributed by atoms with van der Waals surface area (Å²) in [7, 11) is 0. The van der Waals surface area contributed by atoms with E-state index >= 15 is 0 Å². The molecule has 3 rings (SSSR count). The number of furan rings is 1. The van der Waals surface area contributed by atoms with Gasteiger partial charge in [-0.25, -0.2) is 8.78 Å². The minimum Gasteiger partial charge on any atom is -0.465 e. The Labute approximate surface area is 143 Å². The van der Waals surface area contributed by atoms with Crippen LogP contribution in [0.5, 0.6) is 0 Å². The maximum atomic E-state index is 13.9. The van der Waals surface area contributed by atoms with Crippen molar-refractivity contribution in [2.45, 2.75) is 12.5 Å². The van der Waals surface area contributed by atoms with Crippen molar-refractivity contribution < 1.29 is 18.0 Å². The van der Waals surface area contributed by atoms with E-state index in [4.69, 9.17) is 9.68 Å². The third kappa shape index (κ3) is 3.86. The highest BCUT2D eigenvalue weighted by molar-refractivity contribution is 6.01. The van der Waals surface area contributed by atoms with Gasteiger partial charge in [-0.2, -0.15) is 5.26 Å². The Morgan fingerprint density at radius 2 is 2.24 bits per heavy atom. The van der Waals surface area contributed by atoms with Crippen LogP contribution in [-0.2, 0) is 4.79 Å². The minimum absolute atomic E-state index is 0.0682. The number of carbonyl (C=O) groups is 1. The van der Waals surface area contributed by atoms with Gasteiger partial charge in [-0.1, -0.05) is 0 Å². The maximum Gasteiger partial charge on any atom is 0.262 e. The molecule has 1 aliphatic heterocycles. The van der Waals surface area contributed by atoms with E-state index < -0.39 is 17.5 Å². The lowest BCUT2D eigenvalue weighted by atomic mass is 10.2. The fraction of sp³-hybridized carbons (Fsp3) is 0.222. The van der Waals surface area contributed by atoms with Gasteiger partial charge in [0.15, 0.2) is 0 Å². The van der Waals surface area contributed by atoms with Gasteiger partial charge in [0.1, 0.15) is 29.0 Å². The molecule has 25 heavy (non-hydrogen) atoms. The summed E-state index contributed by atoms with van der Waals surface area (Å²) in [6.07, 6.45) is 3.41. The summed E-state index contributed by atoms with van der Waals surface area (Å²) < 4.78 is 32.0. The molecule has 1 fully saturated rings. The molecule has 1 amide bonds. The number of carbonyl (C=O) groups excluding carboxylic acids is 1. The average molecular weight is 343 g/mol. The molecule has 1 atom stereocenters. The lowest BCUT2D eigenvalue weighted by molar-refractivity contribution is -0.117. The number of amides is 1. The van der Waals surface area contributed by atoms with Crippen LogP contribution >= 0.6 is 0 Å². The van der Waals surface area contributed by atoms with E-state index in [1.165, 1.54) is 24.5 Å². The normalized spacial score (nSPS) is 17.4. The molecule has 1 aliphatic rings. The monoisotopic (exact) mass is 343 g/mol. The number of nitriles is 1. The van der Waals surface area contributed by atoms with Gasteiger partial charge < -0.3 is 14.6 Å². The van der Waals surface area contributed by atoms with Crippen molar-refractivity contribution in [3.63, 3.8) is 0 Å². The van der Waals surface area contributed by atoms with Crippen molar-refractivity contribution in [1.29, 1.82) is 5.26 Å². The molecule has 0 saturated carbocycles. The van der Waals surface area contributed by atoms with Crippen LogP contribution in [0.1, 0.15) is 12.2 Å². The molecule has 1 N–H and O–H groups in total. The second-order valence-electron chi connectivity index (χ2n) is 5.69. The zero-order valence-corrected chi connectivity index (χ0v) is 13.2. The van der Waals surface area contributed by atoms with Crippen LogP contribution in [0.2, 0.25) is 0 Å². The van der Waals surface area contributed by atoms with Gasteiger partial charge in [0.25, 0.3) is 5.91 Å². The number of hydrogen-bond acceptors (Lipinski definition) is 4. The van der Waals surface area contributed by atoms with E-state index in [1.54, 1.807) is 17.0 Å². The zero-order valence-electron chi connectivity index (χ0n) is 13.2. The zero-order chi connectivity index (χ0) is 17.8. The summed E-state index contributed by atoms with van der Waals surface area (Å²) in [5, 5.41) is 11.9. The van der Waals surface area contributed by atoms with Crippen molar-refractivity contribution in [3.05, 3.63) is 59.6 Å². The second kappa shape index (κ2) is 7.18. The van der Waals surface area contributed by atoms with E-state index in [0.29, 0.717) is 31.0 Å². The molecule has 2 heterocycles. The fourth-order valence-electron chi connectivity index (χ4n) is 2.76. The van der Waals surface area contributed by atoms with E-state index in [-0.39, 0.29) is 11.6 Å². The highest BCUT2D eigenvalue weighted by Crippen LogP contribution is 2.24. The molecule has 128 valence electrons. The summed E-state index contributed by atoms with van der Waals surface area (Å²) in [6.45, 7) is 0.908. The molecule has 7 heteroatoms. The number of hydrogen-bond donors (Lipinski definition) is 1. The smallest absolute Gasteiger partial charge is 0.262 e. The predicted molar refractivity (Wildman–Crippen MR) is 87.4 cm³/mol. The van der Waals surface area contributed by atoms with Crippen molar-refractivity contribution in [2.24, 2.45) is 0 Å². The van der Waals surface area contributed by atoms with Crippen LogP contribution in [0.25, 0.3) is 6.08 Å². The average Bonchev–Trinajstić information content (AvgIpc) is 3.24. The number of nitrogens with one attached hydrogen (secondary N) is 1. The summed E-state index contributed by atoms with van der Waals surface area (Å²) in [4.78, 5) is 14.0. The highest BCUT2D eigenvalue weighted by Gasteiger charge is 2.26. The van der Waals surface area contributed by atoms with Gasteiger partial charge in [-0.3, -0.25) is 4.79 Å². The number of halogens is 2. The van der Waals surface area contributed by atoms with Gasteiger partial charge in [-0.15, -0.1) is 0 Å². The van der Waals surface area contributed by atoms with Gasteiger partial charge in [0.2, 0.25) is 0 Å². The molecule has 0 spiro atoms. The van der Waals surface area contributed by atoms with Gasteiger partial charge in [-0.05, 0) is 30.7 Å². The van der Waals surface area contributed by atoms with Crippen LogP contribution in [0.15, 0.2) is 46.6 Å². The van der Waals surface area contributed by atoms with Crippen molar-refractivity contribution in [3.8, 4) is 6.07 Å². The van der Waals surface area contributed by atoms with Crippen LogP contribution < -0.4 is 10.2 Å². The molecule has 2 aromatic rings. The van der Waals surface area contributed by atoms with Gasteiger partial charge in [0.05, 0.1) is 12.0 Å². The SMILES string of the molecule is N#C/C(=C\c1ccco1)C(=O)N[C@@H]1CCN(c2ccc(F)cc2F)C1. The molecule has 0 bridgehead atoms. The summed E-state index contributed by atoms with van der Waals surface area (Å²) in [5.74, 6) is -1.37. The molecule has 1 aromatic carbocycles. The maximum absolute atomic E-state index is 13.9. The number of benzene rings is 1. The quantitative estimate of drug-likeness (QED) is 0.685. The van der Waals surface area contributed by atoms with Crippen molar-refractivity contribution in [2.75, 3.05) is 18.0 Å². The standard InChI is InChI=1S/C18H15F2N3O2/c19-13-3-4-17(16(20)9-13)23-6-5-14(11-23)22-18(24)12(10-21)8-15-2-1-7-25-15/h1-4,7-9,14H,5-6,11H2,(H,22,24)/b12-8+/t14-/m1/s1. The minimum atomic E-state index is -0.637. The first-order valence-electron chi connectivity index (χ1n) is 7.73. The summed E-state index contributed by atoms with van der Waals surface area (Å²) >= 11 is 0. The number of rotatable bonds is 4. The van der Waals surface area contributed by atoms with E-state index in [9.17, 15) is 13.6 Å². The highest BCUT2D eigenvalue weighted by atomic mass is 19.1. The predicted octanol–water partition coefficient (Wildman–Crippen LogP) is 2.86. The first kappa shape index (κ1) is 16.7. The Morgan fingerprint density at radius 3 is 2.92 bits per heavy atom. The summed E-state index contributed by atoms with van der Waals surface area (Å²) in [6, 6.07) is 8.32. The largest absolute Gasteiger partial charge is 0.465 e. The Bertz CT molecular complexity index is 841. The third-order valence-electron chi connectivity index (χ3n) is 3.97. The number of nitrogens with zero attached hydrogens (tertiary/aromatic N) is 2. The van der Waals surface area contributed by atoms with E-state index in [1.807, 2.05) is 6.07 Å². The third-order valence-corrected chi connectivity index (χ3v) is 3.97. The fourth-order valence-corrected chi connectivity index (χ4v) is 2.76. The molecule has 1 aromatic heterocycles. The molecule has 0 radical (unpaired) electrons. The molecule has 0 unspecified atom stereocenters. The van der Waals surface area contributed by atoms with Gasteiger partial charge >= 0.3 is 0 Å². The van der Waals surface area contributed by atoms with Crippen LogP contribution in [0.4, 0.5) is 14.5 Å². The van der Waals surface area contributed by atoms with E-state index in [2.05, 4.69) is 5.32 Å². The summed E-state index contributed by atoms with van der Waals surface area (Å²) in [5.41, 5.74) is 0.228. The van der Waals surface area contributed by atoms with Crippen LogP contribution in [0.3, 0.4) is 0 Å². The van der Waals surface area contributed by atoms with Crippen molar-refractivity contribution in [1.82, 2.24) is 5.32 Å². The molecule has 0 aliphatic carbocycles. The molecule has 1 saturated heterocycles. The second-order valence-corrected chi connectivity index (χ2v) is 5.69. The lowest BCUT2D eigenvalue weighted by Crippen LogP contribution is -2.37. The Hall–Kier alpha value is -3.14. The topological polar surface area (TPSA) is 69.3 Å².